The first-order valence-electron chi connectivity index (χ1n) is 7.13. The third kappa shape index (κ3) is 4.53. The molecular weight excluding hydrogens is 204 g/mol. The minimum Gasteiger partial charge on any atom is -0.0628 e. The summed E-state index contributed by atoms with van der Waals surface area (Å²) in [6.07, 6.45) is 6.48. The first kappa shape index (κ1) is 14.3. The zero-order valence-electron chi connectivity index (χ0n) is 12.3. The van der Waals surface area contributed by atoms with E-state index in [4.69, 9.17) is 0 Å². The Kier molecular flexibility index (Phi) is 5.74. The summed E-state index contributed by atoms with van der Waals surface area (Å²) in [7, 11) is 0. The molecule has 0 radical (unpaired) electrons. The van der Waals surface area contributed by atoms with Crippen LogP contribution in [0.1, 0.15) is 62.3 Å². The number of hydrogen-bond donors (Lipinski definition) is 0. The summed E-state index contributed by atoms with van der Waals surface area (Å²) in [5.74, 6) is 0.848. The Labute approximate surface area is 107 Å². The first-order chi connectivity index (χ1) is 8.04. The Morgan fingerprint density at radius 1 is 0.941 bits per heavy atom. The maximum atomic E-state index is 2.41. The molecule has 0 amide bonds. The van der Waals surface area contributed by atoms with Crippen LogP contribution in [0.25, 0.3) is 0 Å². The third-order valence-electron chi connectivity index (χ3n) is 3.65. The highest BCUT2D eigenvalue weighted by Gasteiger charge is 2.03. The van der Waals surface area contributed by atoms with Gasteiger partial charge >= 0.3 is 0 Å². The summed E-state index contributed by atoms with van der Waals surface area (Å²) < 4.78 is 0. The quantitative estimate of drug-likeness (QED) is 0.589. The molecule has 0 fully saturated rings. The SMILES string of the molecule is CCc1cc(C)c(CCCCC(C)C)cc1C. The topological polar surface area (TPSA) is 0 Å². The fraction of sp³-hybridized carbons (Fsp3) is 0.647. The molecule has 1 rings (SSSR count). The van der Waals surface area contributed by atoms with Gasteiger partial charge in [0.05, 0.1) is 0 Å². The molecule has 0 aliphatic heterocycles. The van der Waals surface area contributed by atoms with Gasteiger partial charge in [-0.25, -0.2) is 0 Å². The lowest BCUT2D eigenvalue weighted by atomic mass is 9.94. The Morgan fingerprint density at radius 2 is 1.53 bits per heavy atom. The van der Waals surface area contributed by atoms with Crippen LogP contribution < -0.4 is 0 Å². The minimum atomic E-state index is 0.848. The smallest absolute Gasteiger partial charge is 0.0276 e. The van der Waals surface area contributed by atoms with Crippen molar-refractivity contribution in [2.75, 3.05) is 0 Å². The summed E-state index contributed by atoms with van der Waals surface area (Å²) in [6, 6.07) is 4.79. The molecule has 0 saturated heterocycles. The molecule has 0 heterocycles. The van der Waals surface area contributed by atoms with E-state index in [9.17, 15) is 0 Å². The molecule has 0 aromatic heterocycles. The van der Waals surface area contributed by atoms with E-state index in [-0.39, 0.29) is 0 Å². The number of benzene rings is 1. The molecule has 0 atom stereocenters. The molecule has 1 aromatic rings. The van der Waals surface area contributed by atoms with Gasteiger partial charge in [-0.1, -0.05) is 45.7 Å². The maximum Gasteiger partial charge on any atom is -0.0276 e. The summed E-state index contributed by atoms with van der Waals surface area (Å²) in [5, 5.41) is 0. The monoisotopic (exact) mass is 232 g/mol. The van der Waals surface area contributed by atoms with Crippen molar-refractivity contribution < 1.29 is 0 Å². The Hall–Kier alpha value is -0.780. The molecule has 96 valence electrons. The standard InChI is InChI=1S/C17H28/c1-6-16-11-15(5)17(12-14(16)4)10-8-7-9-13(2)3/h11-13H,6-10H2,1-5H3. The van der Waals surface area contributed by atoms with Crippen molar-refractivity contribution in [3.8, 4) is 0 Å². The maximum absolute atomic E-state index is 2.41. The van der Waals surface area contributed by atoms with Gasteiger partial charge in [0.25, 0.3) is 0 Å². The molecule has 0 bridgehead atoms. The summed E-state index contributed by atoms with van der Waals surface area (Å²) in [5.41, 5.74) is 6.02. The lowest BCUT2D eigenvalue weighted by Crippen LogP contribution is -1.96. The fourth-order valence-corrected chi connectivity index (χ4v) is 2.45. The van der Waals surface area contributed by atoms with Crippen LogP contribution in [0.3, 0.4) is 0 Å². The van der Waals surface area contributed by atoms with E-state index in [1.54, 1.807) is 5.56 Å². The molecule has 0 nitrogen and oxygen atoms in total. The molecule has 0 N–H and O–H groups in total. The molecule has 0 spiro atoms. The van der Waals surface area contributed by atoms with Gasteiger partial charge in [0.2, 0.25) is 0 Å². The van der Waals surface area contributed by atoms with Crippen LogP contribution in [0.4, 0.5) is 0 Å². The van der Waals surface area contributed by atoms with E-state index in [0.29, 0.717) is 0 Å². The summed E-state index contributed by atoms with van der Waals surface area (Å²) >= 11 is 0. The molecular formula is C17H28. The largest absolute Gasteiger partial charge is 0.0628 e. The van der Waals surface area contributed by atoms with Crippen molar-refractivity contribution in [2.45, 2.75) is 66.7 Å². The van der Waals surface area contributed by atoms with Crippen molar-refractivity contribution >= 4 is 0 Å². The molecule has 0 aliphatic rings. The van der Waals surface area contributed by atoms with Crippen molar-refractivity contribution in [2.24, 2.45) is 5.92 Å². The molecule has 17 heavy (non-hydrogen) atoms. The van der Waals surface area contributed by atoms with Gasteiger partial charge in [-0.2, -0.15) is 0 Å². The van der Waals surface area contributed by atoms with Gasteiger partial charge in [0.15, 0.2) is 0 Å². The van der Waals surface area contributed by atoms with Crippen LogP contribution in [0, 0.1) is 19.8 Å². The lowest BCUT2D eigenvalue weighted by Gasteiger charge is -2.11. The van der Waals surface area contributed by atoms with Gasteiger partial charge in [0, 0.05) is 0 Å². The molecule has 1 aromatic carbocycles. The van der Waals surface area contributed by atoms with E-state index in [2.05, 4.69) is 46.8 Å². The highest BCUT2D eigenvalue weighted by atomic mass is 14.1. The predicted octanol–water partition coefficient (Wildman–Crippen LogP) is 5.23. The highest BCUT2D eigenvalue weighted by molar-refractivity contribution is 5.37. The van der Waals surface area contributed by atoms with E-state index in [1.807, 2.05) is 0 Å². The lowest BCUT2D eigenvalue weighted by molar-refractivity contribution is 0.538. The summed E-state index contributed by atoms with van der Waals surface area (Å²) in [4.78, 5) is 0. The zero-order chi connectivity index (χ0) is 12.8. The zero-order valence-corrected chi connectivity index (χ0v) is 12.3. The Bertz CT molecular complexity index is 347. The second kappa shape index (κ2) is 6.83. The van der Waals surface area contributed by atoms with Gasteiger partial charge in [-0.3, -0.25) is 0 Å². The summed E-state index contributed by atoms with van der Waals surface area (Å²) in [6.45, 7) is 11.4. The number of unbranched alkanes of at least 4 members (excludes halogenated alkanes) is 1. The van der Waals surface area contributed by atoms with E-state index >= 15 is 0 Å². The van der Waals surface area contributed by atoms with Crippen molar-refractivity contribution in [3.63, 3.8) is 0 Å². The van der Waals surface area contributed by atoms with Crippen LogP contribution in [0.2, 0.25) is 0 Å². The van der Waals surface area contributed by atoms with Crippen molar-refractivity contribution in [1.82, 2.24) is 0 Å². The molecule has 0 saturated carbocycles. The predicted molar refractivity (Wildman–Crippen MR) is 77.7 cm³/mol. The van der Waals surface area contributed by atoms with Gasteiger partial charge in [0.1, 0.15) is 0 Å². The van der Waals surface area contributed by atoms with Crippen LogP contribution in [0.15, 0.2) is 12.1 Å². The average molecular weight is 232 g/mol. The minimum absolute atomic E-state index is 0.848. The molecule has 0 aliphatic carbocycles. The Balaban J connectivity index is 2.56. The van der Waals surface area contributed by atoms with E-state index in [0.717, 1.165) is 12.3 Å². The normalized spacial score (nSPS) is 11.2. The number of aryl methyl sites for hydroxylation is 4. The number of rotatable bonds is 6. The van der Waals surface area contributed by atoms with Crippen LogP contribution >= 0.6 is 0 Å². The fourth-order valence-electron chi connectivity index (χ4n) is 2.45. The van der Waals surface area contributed by atoms with Crippen molar-refractivity contribution in [1.29, 1.82) is 0 Å². The second-order valence-electron chi connectivity index (χ2n) is 5.70. The average Bonchev–Trinajstić information content (AvgIpc) is 2.28. The number of hydrogen-bond acceptors (Lipinski definition) is 0. The Morgan fingerprint density at radius 3 is 2.12 bits per heavy atom. The first-order valence-corrected chi connectivity index (χ1v) is 7.13. The van der Waals surface area contributed by atoms with Gasteiger partial charge in [-0.05, 0) is 61.3 Å². The van der Waals surface area contributed by atoms with Gasteiger partial charge < -0.3 is 0 Å². The second-order valence-corrected chi connectivity index (χ2v) is 5.70. The van der Waals surface area contributed by atoms with E-state index in [1.165, 1.54) is 42.4 Å². The highest BCUT2D eigenvalue weighted by Crippen LogP contribution is 2.19. The van der Waals surface area contributed by atoms with Gasteiger partial charge in [-0.15, -0.1) is 0 Å². The van der Waals surface area contributed by atoms with E-state index < -0.39 is 0 Å². The van der Waals surface area contributed by atoms with Crippen LogP contribution in [-0.2, 0) is 12.8 Å². The molecule has 0 unspecified atom stereocenters. The third-order valence-corrected chi connectivity index (χ3v) is 3.65. The van der Waals surface area contributed by atoms with Crippen LogP contribution in [-0.4, -0.2) is 0 Å². The van der Waals surface area contributed by atoms with Crippen LogP contribution in [0.5, 0.6) is 0 Å². The molecule has 0 heteroatoms. The van der Waals surface area contributed by atoms with Crippen molar-refractivity contribution in [3.05, 3.63) is 34.4 Å².